The second-order valence-electron chi connectivity index (χ2n) is 9.28. The van der Waals surface area contributed by atoms with Gasteiger partial charge in [0.05, 0.1) is 28.9 Å². The van der Waals surface area contributed by atoms with Gasteiger partial charge in [-0.3, -0.25) is 4.90 Å². The summed E-state index contributed by atoms with van der Waals surface area (Å²) in [7, 11) is 1.69. The Balaban J connectivity index is 1.43. The number of hydrogen-bond acceptors (Lipinski definition) is 8. The molecule has 0 unspecified atom stereocenters. The Bertz CT molecular complexity index is 1190. The summed E-state index contributed by atoms with van der Waals surface area (Å²) in [5.41, 5.74) is 2.01. The maximum atomic E-state index is 5.38. The molecule has 0 spiro atoms. The smallest absolute Gasteiger partial charge is 0.186 e. The third-order valence-corrected chi connectivity index (χ3v) is 7.13. The van der Waals surface area contributed by atoms with Crippen LogP contribution < -0.4 is 9.64 Å². The molecular formula is C24H29N7OS. The predicted octanol–water partition coefficient (Wildman–Crippen LogP) is 3.96. The number of rotatable bonds is 5. The van der Waals surface area contributed by atoms with Crippen molar-refractivity contribution in [3.05, 3.63) is 59.9 Å². The zero-order valence-electron chi connectivity index (χ0n) is 19.5. The van der Waals surface area contributed by atoms with Crippen molar-refractivity contribution in [1.82, 2.24) is 30.1 Å². The molecule has 33 heavy (non-hydrogen) atoms. The van der Waals surface area contributed by atoms with Crippen LogP contribution in [0.1, 0.15) is 38.2 Å². The average molecular weight is 464 g/mol. The molecule has 5 rings (SSSR count). The van der Waals surface area contributed by atoms with Gasteiger partial charge in [-0.2, -0.15) is 0 Å². The minimum atomic E-state index is -0.216. The molecule has 0 amide bonds. The van der Waals surface area contributed by atoms with Gasteiger partial charge in [-0.1, -0.05) is 35.6 Å². The average Bonchev–Trinajstić information content (AvgIpc) is 3.48. The SMILES string of the molecule is COc1ccc([C@H](c2nnnn2C(C)(C)C)N2CCN(c3nc4ccccc4s3)CC2)cc1. The molecular weight excluding hydrogens is 434 g/mol. The molecule has 3 heterocycles. The molecule has 1 aliphatic heterocycles. The molecule has 1 atom stereocenters. The highest BCUT2D eigenvalue weighted by Gasteiger charge is 2.33. The van der Waals surface area contributed by atoms with Crippen LogP contribution in [-0.2, 0) is 5.54 Å². The maximum Gasteiger partial charge on any atom is 0.186 e. The van der Waals surface area contributed by atoms with Crippen LogP contribution in [0, 0.1) is 0 Å². The van der Waals surface area contributed by atoms with Crippen molar-refractivity contribution < 1.29 is 4.74 Å². The third-order valence-electron chi connectivity index (χ3n) is 6.04. The van der Waals surface area contributed by atoms with E-state index in [1.54, 1.807) is 18.4 Å². The number of benzene rings is 2. The quantitative estimate of drug-likeness (QED) is 0.444. The largest absolute Gasteiger partial charge is 0.497 e. The minimum absolute atomic E-state index is 0.0392. The number of nitrogens with zero attached hydrogens (tertiary/aromatic N) is 7. The highest BCUT2D eigenvalue weighted by molar-refractivity contribution is 7.22. The van der Waals surface area contributed by atoms with Crippen molar-refractivity contribution >= 4 is 26.7 Å². The van der Waals surface area contributed by atoms with Crippen LogP contribution in [0.4, 0.5) is 5.13 Å². The summed E-state index contributed by atoms with van der Waals surface area (Å²) in [5, 5.41) is 14.0. The molecule has 4 aromatic rings. The third kappa shape index (κ3) is 4.30. The number of ether oxygens (including phenoxy) is 1. The van der Waals surface area contributed by atoms with Gasteiger partial charge in [-0.25, -0.2) is 9.67 Å². The fourth-order valence-corrected chi connectivity index (χ4v) is 5.34. The number of para-hydroxylation sites is 1. The standard InChI is InChI=1S/C24H29N7OS/c1-24(2,3)31-22(26-27-28-31)21(17-9-11-18(32-4)12-10-17)29-13-15-30(16-14-29)23-25-19-7-5-6-8-20(19)33-23/h5-12,21H,13-16H2,1-4H3/t21-/m1/s1. The van der Waals surface area contributed by atoms with Crippen LogP contribution in [0.5, 0.6) is 5.75 Å². The van der Waals surface area contributed by atoms with Gasteiger partial charge in [0.1, 0.15) is 5.75 Å². The van der Waals surface area contributed by atoms with E-state index in [1.807, 2.05) is 22.9 Å². The number of hydrogen-bond donors (Lipinski definition) is 0. The van der Waals surface area contributed by atoms with Crippen molar-refractivity contribution in [2.45, 2.75) is 32.4 Å². The van der Waals surface area contributed by atoms with Crippen molar-refractivity contribution in [1.29, 1.82) is 0 Å². The van der Waals surface area contributed by atoms with Gasteiger partial charge >= 0.3 is 0 Å². The number of methoxy groups -OCH3 is 1. The lowest BCUT2D eigenvalue weighted by molar-refractivity contribution is 0.191. The summed E-state index contributed by atoms with van der Waals surface area (Å²) in [4.78, 5) is 9.72. The van der Waals surface area contributed by atoms with Crippen molar-refractivity contribution in [3.63, 3.8) is 0 Å². The van der Waals surface area contributed by atoms with Gasteiger partial charge in [-0.15, -0.1) is 5.10 Å². The number of piperazine rings is 1. The van der Waals surface area contributed by atoms with E-state index in [9.17, 15) is 0 Å². The Hall–Kier alpha value is -3.04. The number of thiazole rings is 1. The van der Waals surface area contributed by atoms with Crippen LogP contribution in [0.25, 0.3) is 10.2 Å². The topological polar surface area (TPSA) is 72.2 Å². The van der Waals surface area contributed by atoms with E-state index in [2.05, 4.69) is 76.4 Å². The first kappa shape index (κ1) is 21.8. The second-order valence-corrected chi connectivity index (χ2v) is 10.3. The fourth-order valence-electron chi connectivity index (χ4n) is 4.32. The molecule has 0 saturated carbocycles. The summed E-state index contributed by atoms with van der Waals surface area (Å²) in [5.74, 6) is 1.70. The Labute approximate surface area is 197 Å². The van der Waals surface area contributed by atoms with Crippen molar-refractivity contribution in [2.75, 3.05) is 38.2 Å². The van der Waals surface area contributed by atoms with Gasteiger partial charge in [0, 0.05) is 26.2 Å². The molecule has 1 aliphatic rings. The zero-order valence-corrected chi connectivity index (χ0v) is 20.3. The monoisotopic (exact) mass is 463 g/mol. The zero-order chi connectivity index (χ0) is 23.0. The molecule has 0 bridgehead atoms. The predicted molar refractivity (Wildman–Crippen MR) is 131 cm³/mol. The first-order valence-corrected chi connectivity index (χ1v) is 12.0. The van der Waals surface area contributed by atoms with Gasteiger partial charge < -0.3 is 9.64 Å². The van der Waals surface area contributed by atoms with E-state index in [1.165, 1.54) is 4.70 Å². The van der Waals surface area contributed by atoms with Crippen LogP contribution in [0.15, 0.2) is 48.5 Å². The lowest BCUT2D eigenvalue weighted by Gasteiger charge is -2.39. The Kier molecular flexibility index (Phi) is 5.76. The van der Waals surface area contributed by atoms with E-state index >= 15 is 0 Å². The van der Waals surface area contributed by atoms with E-state index in [0.29, 0.717) is 0 Å². The van der Waals surface area contributed by atoms with Gasteiger partial charge in [-0.05, 0) is 61.0 Å². The number of fused-ring (bicyclic) bond motifs is 1. The molecule has 0 radical (unpaired) electrons. The van der Waals surface area contributed by atoms with Gasteiger partial charge in [0.2, 0.25) is 0 Å². The normalized spacial score (nSPS) is 16.3. The first-order chi connectivity index (χ1) is 15.9. The lowest BCUT2D eigenvalue weighted by Crippen LogP contribution is -2.48. The highest BCUT2D eigenvalue weighted by Crippen LogP contribution is 2.34. The minimum Gasteiger partial charge on any atom is -0.497 e. The van der Waals surface area contributed by atoms with E-state index in [4.69, 9.17) is 9.72 Å². The first-order valence-electron chi connectivity index (χ1n) is 11.2. The van der Waals surface area contributed by atoms with Gasteiger partial charge in [0.25, 0.3) is 0 Å². The van der Waals surface area contributed by atoms with E-state index in [0.717, 1.165) is 54.0 Å². The second kappa shape index (κ2) is 8.72. The Morgan fingerprint density at radius 1 is 0.970 bits per heavy atom. The summed E-state index contributed by atoms with van der Waals surface area (Å²) in [6, 6.07) is 16.5. The van der Waals surface area contributed by atoms with Crippen LogP contribution in [0.2, 0.25) is 0 Å². The highest BCUT2D eigenvalue weighted by atomic mass is 32.1. The van der Waals surface area contributed by atoms with Gasteiger partial charge in [0.15, 0.2) is 11.0 Å². The summed E-state index contributed by atoms with van der Waals surface area (Å²) in [6.07, 6.45) is 0. The molecule has 0 N–H and O–H groups in total. The molecule has 9 heteroatoms. The summed E-state index contributed by atoms with van der Waals surface area (Å²) in [6.45, 7) is 9.98. The number of aromatic nitrogens is 5. The maximum absolute atomic E-state index is 5.38. The van der Waals surface area contributed by atoms with Crippen LogP contribution in [0.3, 0.4) is 0 Å². The van der Waals surface area contributed by atoms with E-state index < -0.39 is 0 Å². The fraction of sp³-hybridized carbons (Fsp3) is 0.417. The molecule has 1 saturated heterocycles. The van der Waals surface area contributed by atoms with Crippen LogP contribution in [-0.4, -0.2) is 63.4 Å². The van der Waals surface area contributed by atoms with E-state index in [-0.39, 0.29) is 11.6 Å². The Morgan fingerprint density at radius 3 is 2.36 bits per heavy atom. The molecule has 2 aromatic heterocycles. The number of tetrazole rings is 1. The molecule has 172 valence electrons. The van der Waals surface area contributed by atoms with Crippen LogP contribution >= 0.6 is 11.3 Å². The molecule has 0 aliphatic carbocycles. The summed E-state index contributed by atoms with van der Waals surface area (Å²) < 4.78 is 8.56. The van der Waals surface area contributed by atoms with Crippen molar-refractivity contribution in [3.8, 4) is 5.75 Å². The molecule has 2 aromatic carbocycles. The summed E-state index contributed by atoms with van der Waals surface area (Å²) >= 11 is 1.76. The Morgan fingerprint density at radius 2 is 1.70 bits per heavy atom. The van der Waals surface area contributed by atoms with Crippen molar-refractivity contribution in [2.24, 2.45) is 0 Å². The molecule has 1 fully saturated rings. The number of anilines is 1. The molecule has 8 nitrogen and oxygen atoms in total. The lowest BCUT2D eigenvalue weighted by atomic mass is 10.0.